The van der Waals surface area contributed by atoms with E-state index < -0.39 is 12.0 Å². The van der Waals surface area contributed by atoms with Crippen LogP contribution < -0.4 is 9.47 Å². The van der Waals surface area contributed by atoms with E-state index in [1.807, 2.05) is 32.0 Å². The molecule has 1 aliphatic rings. The van der Waals surface area contributed by atoms with Crippen molar-refractivity contribution in [2.45, 2.75) is 39.5 Å². The zero-order valence-corrected chi connectivity index (χ0v) is 15.3. The molecule has 0 saturated heterocycles. The number of benzene rings is 1. The van der Waals surface area contributed by atoms with Crippen molar-refractivity contribution in [2.75, 3.05) is 19.8 Å². The lowest BCUT2D eigenvalue weighted by atomic mass is 10.1. The number of ether oxygens (including phenoxy) is 2. The molecule has 8 heteroatoms. The molecule has 1 aliphatic heterocycles. The number of nitrogens with zero attached hydrogens (tertiary/aromatic N) is 3. The van der Waals surface area contributed by atoms with Crippen LogP contribution in [0.15, 0.2) is 24.4 Å². The zero-order valence-electron chi connectivity index (χ0n) is 15.3. The van der Waals surface area contributed by atoms with Crippen molar-refractivity contribution >= 4 is 0 Å². The van der Waals surface area contributed by atoms with Gasteiger partial charge in [-0.2, -0.15) is 13.2 Å². The zero-order chi connectivity index (χ0) is 19.4. The third kappa shape index (κ3) is 4.68. The molecule has 5 nitrogen and oxygen atoms in total. The Morgan fingerprint density at radius 3 is 2.63 bits per heavy atom. The maximum Gasteiger partial charge on any atom is 0.451 e. The fourth-order valence-corrected chi connectivity index (χ4v) is 3.10. The van der Waals surface area contributed by atoms with Gasteiger partial charge in [0.25, 0.3) is 0 Å². The molecular formula is C19H22F3N3O2. The highest BCUT2D eigenvalue weighted by Gasteiger charge is 2.35. The van der Waals surface area contributed by atoms with Gasteiger partial charge in [0.05, 0.1) is 18.9 Å². The first-order chi connectivity index (χ1) is 12.9. The van der Waals surface area contributed by atoms with Crippen LogP contribution in [0.1, 0.15) is 36.5 Å². The van der Waals surface area contributed by atoms with Crippen molar-refractivity contribution in [2.24, 2.45) is 0 Å². The molecule has 146 valence electrons. The Bertz CT molecular complexity index is 796. The first kappa shape index (κ1) is 19.4. The van der Waals surface area contributed by atoms with Crippen molar-refractivity contribution in [1.29, 1.82) is 0 Å². The van der Waals surface area contributed by atoms with E-state index in [9.17, 15) is 13.2 Å². The number of alkyl halides is 3. The summed E-state index contributed by atoms with van der Waals surface area (Å²) in [4.78, 5) is 9.33. The van der Waals surface area contributed by atoms with E-state index in [2.05, 4.69) is 14.9 Å². The summed E-state index contributed by atoms with van der Waals surface area (Å²) in [6.45, 7) is 6.72. The molecule has 0 bridgehead atoms. The molecule has 0 radical (unpaired) electrons. The number of aromatic nitrogens is 2. The van der Waals surface area contributed by atoms with Gasteiger partial charge < -0.3 is 9.47 Å². The summed E-state index contributed by atoms with van der Waals surface area (Å²) < 4.78 is 49.6. The van der Waals surface area contributed by atoms with Crippen molar-refractivity contribution in [3.63, 3.8) is 0 Å². The molecule has 0 fully saturated rings. The van der Waals surface area contributed by atoms with E-state index in [0.29, 0.717) is 45.0 Å². The Balaban J connectivity index is 1.74. The summed E-state index contributed by atoms with van der Waals surface area (Å²) in [6.07, 6.45) is -2.76. The van der Waals surface area contributed by atoms with Gasteiger partial charge in [-0.15, -0.1) is 0 Å². The third-order valence-corrected chi connectivity index (χ3v) is 4.31. The highest BCUT2D eigenvalue weighted by molar-refractivity contribution is 5.41. The highest BCUT2D eigenvalue weighted by atomic mass is 19.4. The Hall–Kier alpha value is -2.35. The number of hydrogen-bond acceptors (Lipinski definition) is 5. The molecule has 0 atom stereocenters. The number of rotatable bonds is 6. The lowest BCUT2D eigenvalue weighted by Gasteiger charge is -2.28. The van der Waals surface area contributed by atoms with Crippen LogP contribution in [-0.2, 0) is 25.7 Å². The quantitative estimate of drug-likeness (QED) is 0.761. The summed E-state index contributed by atoms with van der Waals surface area (Å²) in [5, 5.41) is 0. The summed E-state index contributed by atoms with van der Waals surface area (Å²) in [5.41, 5.74) is 2.22. The van der Waals surface area contributed by atoms with Crippen molar-refractivity contribution in [3.05, 3.63) is 47.0 Å². The van der Waals surface area contributed by atoms with E-state index in [1.54, 1.807) is 0 Å². The number of hydrogen-bond donors (Lipinski definition) is 0. The minimum atomic E-state index is -4.51. The highest BCUT2D eigenvalue weighted by Crippen LogP contribution is 2.30. The first-order valence-corrected chi connectivity index (χ1v) is 8.93. The first-order valence-electron chi connectivity index (χ1n) is 8.93. The van der Waals surface area contributed by atoms with Crippen LogP contribution in [0.4, 0.5) is 13.2 Å². The second kappa shape index (κ2) is 8.12. The van der Waals surface area contributed by atoms with E-state index in [4.69, 9.17) is 9.47 Å². The van der Waals surface area contributed by atoms with E-state index in [1.165, 1.54) is 6.20 Å². The molecule has 27 heavy (non-hydrogen) atoms. The van der Waals surface area contributed by atoms with Crippen molar-refractivity contribution in [1.82, 2.24) is 14.9 Å². The fourth-order valence-electron chi connectivity index (χ4n) is 3.10. The summed E-state index contributed by atoms with van der Waals surface area (Å²) in [7, 11) is 0. The molecule has 0 aliphatic carbocycles. The van der Waals surface area contributed by atoms with Crippen LogP contribution in [0.3, 0.4) is 0 Å². The molecule has 0 amide bonds. The topological polar surface area (TPSA) is 47.5 Å². The van der Waals surface area contributed by atoms with Crippen LogP contribution in [0.5, 0.6) is 11.5 Å². The molecule has 1 aromatic heterocycles. The predicted octanol–water partition coefficient (Wildman–Crippen LogP) is 3.85. The molecule has 0 N–H and O–H groups in total. The van der Waals surface area contributed by atoms with Gasteiger partial charge in [-0.25, -0.2) is 9.97 Å². The van der Waals surface area contributed by atoms with Gasteiger partial charge in [-0.1, -0.05) is 6.07 Å². The second-order valence-corrected chi connectivity index (χ2v) is 6.26. The van der Waals surface area contributed by atoms with E-state index in [0.717, 1.165) is 22.6 Å². The second-order valence-electron chi connectivity index (χ2n) is 6.26. The van der Waals surface area contributed by atoms with E-state index in [-0.39, 0.29) is 0 Å². The minimum Gasteiger partial charge on any atom is -0.494 e. The molecule has 0 spiro atoms. The molecule has 0 saturated carbocycles. The number of halogens is 3. The van der Waals surface area contributed by atoms with Gasteiger partial charge in [0.1, 0.15) is 11.5 Å². The largest absolute Gasteiger partial charge is 0.494 e. The van der Waals surface area contributed by atoms with Crippen LogP contribution in [0.2, 0.25) is 0 Å². The van der Waals surface area contributed by atoms with Gasteiger partial charge >= 0.3 is 6.18 Å². The monoisotopic (exact) mass is 381 g/mol. The van der Waals surface area contributed by atoms with E-state index >= 15 is 0 Å². The fraction of sp³-hybridized carbons (Fsp3) is 0.474. The summed E-state index contributed by atoms with van der Waals surface area (Å²) in [5.74, 6) is 0.444. The molecule has 0 unspecified atom stereocenters. The molecule has 2 aromatic rings. The lowest BCUT2D eigenvalue weighted by molar-refractivity contribution is -0.145. The SMILES string of the molecule is CCOc1ccc(CN2CCc3nc(C(F)(F)F)ncc3C2)c(OCC)c1. The Morgan fingerprint density at radius 1 is 1.15 bits per heavy atom. The van der Waals surface area contributed by atoms with Crippen LogP contribution in [0.25, 0.3) is 0 Å². The van der Waals surface area contributed by atoms with Crippen LogP contribution in [0, 0.1) is 0 Å². The molecule has 2 heterocycles. The minimum absolute atomic E-state index is 0.460. The van der Waals surface area contributed by atoms with Crippen LogP contribution in [-0.4, -0.2) is 34.6 Å². The molecular weight excluding hydrogens is 359 g/mol. The predicted molar refractivity (Wildman–Crippen MR) is 93.6 cm³/mol. The average molecular weight is 381 g/mol. The van der Waals surface area contributed by atoms with Gasteiger partial charge in [0.15, 0.2) is 0 Å². The normalized spacial score (nSPS) is 14.7. The van der Waals surface area contributed by atoms with Gasteiger partial charge in [0, 0.05) is 49.4 Å². The Morgan fingerprint density at radius 2 is 1.93 bits per heavy atom. The number of fused-ring (bicyclic) bond motifs is 1. The van der Waals surface area contributed by atoms with Crippen molar-refractivity contribution in [3.8, 4) is 11.5 Å². The standard InChI is InChI=1S/C19H22F3N3O2/c1-3-26-15-6-5-13(17(9-15)27-4-2)11-25-8-7-16-14(12-25)10-23-18(24-16)19(20,21)22/h5-6,9-10H,3-4,7-8,11-12H2,1-2H3. The Kier molecular flexibility index (Phi) is 5.84. The summed E-state index contributed by atoms with van der Waals surface area (Å²) >= 11 is 0. The summed E-state index contributed by atoms with van der Waals surface area (Å²) in [6, 6.07) is 5.74. The molecule has 1 aromatic carbocycles. The van der Waals surface area contributed by atoms with Crippen LogP contribution >= 0.6 is 0 Å². The maximum absolute atomic E-state index is 12.8. The van der Waals surface area contributed by atoms with Gasteiger partial charge in [0.2, 0.25) is 5.82 Å². The third-order valence-electron chi connectivity index (χ3n) is 4.31. The van der Waals surface area contributed by atoms with Crippen molar-refractivity contribution < 1.29 is 22.6 Å². The maximum atomic E-state index is 12.8. The van der Waals surface area contributed by atoms with Gasteiger partial charge in [-0.3, -0.25) is 4.90 Å². The average Bonchev–Trinajstić information content (AvgIpc) is 2.63. The lowest BCUT2D eigenvalue weighted by Crippen LogP contribution is -2.31. The smallest absolute Gasteiger partial charge is 0.451 e. The van der Waals surface area contributed by atoms with Gasteiger partial charge in [-0.05, 0) is 19.9 Å². The molecule has 3 rings (SSSR count). The Labute approximate surface area is 156 Å².